The van der Waals surface area contributed by atoms with E-state index in [0.29, 0.717) is 17.3 Å². The summed E-state index contributed by atoms with van der Waals surface area (Å²) in [5.74, 6) is 0.297. The van der Waals surface area contributed by atoms with Crippen LogP contribution in [0, 0.1) is 6.92 Å². The molecule has 0 heterocycles. The first-order chi connectivity index (χ1) is 10.1. The SMILES string of the molecule is Cc1ccc(NC(=O)COc2cc(Cl)ccc2CN)cc1. The van der Waals surface area contributed by atoms with Crippen LogP contribution in [0.5, 0.6) is 5.75 Å². The number of halogens is 1. The Bertz CT molecular complexity index is 627. The highest BCUT2D eigenvalue weighted by Gasteiger charge is 2.07. The molecule has 2 rings (SSSR count). The Morgan fingerprint density at radius 3 is 2.62 bits per heavy atom. The third-order valence-electron chi connectivity index (χ3n) is 2.94. The Hall–Kier alpha value is -2.04. The van der Waals surface area contributed by atoms with E-state index in [9.17, 15) is 4.79 Å². The summed E-state index contributed by atoms with van der Waals surface area (Å²) in [6.45, 7) is 2.22. The van der Waals surface area contributed by atoms with E-state index in [1.807, 2.05) is 31.2 Å². The molecule has 0 bridgehead atoms. The van der Waals surface area contributed by atoms with Gasteiger partial charge in [0.05, 0.1) is 0 Å². The van der Waals surface area contributed by atoms with Gasteiger partial charge in [0.15, 0.2) is 6.61 Å². The van der Waals surface area contributed by atoms with E-state index < -0.39 is 0 Å². The van der Waals surface area contributed by atoms with Gasteiger partial charge in [-0.2, -0.15) is 0 Å². The molecular weight excluding hydrogens is 288 g/mol. The summed E-state index contributed by atoms with van der Waals surface area (Å²) in [6, 6.07) is 12.7. The molecule has 0 saturated heterocycles. The molecule has 0 fully saturated rings. The van der Waals surface area contributed by atoms with Crippen molar-refractivity contribution in [3.05, 3.63) is 58.6 Å². The summed E-state index contributed by atoms with van der Waals surface area (Å²) in [5, 5.41) is 3.31. The highest BCUT2D eigenvalue weighted by molar-refractivity contribution is 6.30. The molecule has 2 aromatic rings. The second kappa shape index (κ2) is 7.11. The van der Waals surface area contributed by atoms with Gasteiger partial charge >= 0.3 is 0 Å². The number of ether oxygens (including phenoxy) is 1. The first-order valence-electron chi connectivity index (χ1n) is 6.56. The first-order valence-corrected chi connectivity index (χ1v) is 6.94. The third-order valence-corrected chi connectivity index (χ3v) is 3.18. The minimum absolute atomic E-state index is 0.0960. The van der Waals surface area contributed by atoms with Crippen LogP contribution in [0.4, 0.5) is 5.69 Å². The lowest BCUT2D eigenvalue weighted by molar-refractivity contribution is -0.118. The molecule has 0 unspecified atom stereocenters. The number of carbonyl (C=O) groups excluding carboxylic acids is 1. The fourth-order valence-corrected chi connectivity index (χ4v) is 1.97. The number of carbonyl (C=O) groups is 1. The van der Waals surface area contributed by atoms with Crippen LogP contribution >= 0.6 is 11.6 Å². The lowest BCUT2D eigenvalue weighted by Crippen LogP contribution is -2.20. The Kier molecular flexibility index (Phi) is 5.20. The van der Waals surface area contributed by atoms with Crippen LogP contribution in [-0.2, 0) is 11.3 Å². The lowest BCUT2D eigenvalue weighted by Gasteiger charge is -2.11. The topological polar surface area (TPSA) is 64.3 Å². The number of hydrogen-bond acceptors (Lipinski definition) is 3. The van der Waals surface area contributed by atoms with Gasteiger partial charge in [0.1, 0.15) is 5.75 Å². The number of benzene rings is 2. The Morgan fingerprint density at radius 1 is 1.24 bits per heavy atom. The van der Waals surface area contributed by atoms with Crippen molar-refractivity contribution in [2.75, 3.05) is 11.9 Å². The predicted molar refractivity (Wildman–Crippen MR) is 84.6 cm³/mol. The Labute approximate surface area is 128 Å². The van der Waals surface area contributed by atoms with Crippen LogP contribution < -0.4 is 15.8 Å². The number of nitrogens with two attached hydrogens (primary N) is 1. The molecule has 0 atom stereocenters. The Balaban J connectivity index is 1.95. The quantitative estimate of drug-likeness (QED) is 0.892. The summed E-state index contributed by atoms with van der Waals surface area (Å²) in [4.78, 5) is 11.9. The molecule has 5 heteroatoms. The van der Waals surface area contributed by atoms with E-state index in [1.165, 1.54) is 0 Å². The van der Waals surface area contributed by atoms with E-state index in [4.69, 9.17) is 22.1 Å². The van der Waals surface area contributed by atoms with Gasteiger partial charge in [-0.1, -0.05) is 35.4 Å². The zero-order valence-corrected chi connectivity index (χ0v) is 12.5. The fraction of sp³-hybridized carbons (Fsp3) is 0.188. The summed E-state index contributed by atoms with van der Waals surface area (Å²) < 4.78 is 5.49. The molecule has 0 saturated carbocycles. The summed E-state index contributed by atoms with van der Waals surface area (Å²) >= 11 is 5.91. The standard InChI is InChI=1S/C16H17ClN2O2/c1-11-2-6-14(7-3-11)19-16(20)10-21-15-8-13(17)5-4-12(15)9-18/h2-8H,9-10,18H2,1H3,(H,19,20). The summed E-state index contributed by atoms with van der Waals surface area (Å²) in [6.07, 6.45) is 0. The van der Waals surface area contributed by atoms with Crippen molar-refractivity contribution in [3.8, 4) is 5.75 Å². The van der Waals surface area contributed by atoms with Crippen LogP contribution in [0.1, 0.15) is 11.1 Å². The van der Waals surface area contributed by atoms with E-state index >= 15 is 0 Å². The van der Waals surface area contributed by atoms with E-state index in [0.717, 1.165) is 16.8 Å². The number of amides is 1. The second-order valence-corrected chi connectivity index (χ2v) is 5.10. The largest absolute Gasteiger partial charge is 0.483 e. The van der Waals surface area contributed by atoms with Gasteiger partial charge in [0, 0.05) is 22.8 Å². The Morgan fingerprint density at radius 2 is 1.95 bits per heavy atom. The molecule has 0 spiro atoms. The van der Waals surface area contributed by atoms with Crippen molar-refractivity contribution in [1.82, 2.24) is 0 Å². The molecule has 4 nitrogen and oxygen atoms in total. The lowest BCUT2D eigenvalue weighted by atomic mass is 10.2. The molecule has 3 N–H and O–H groups in total. The molecule has 2 aromatic carbocycles. The van der Waals surface area contributed by atoms with E-state index in [-0.39, 0.29) is 12.5 Å². The zero-order chi connectivity index (χ0) is 15.2. The van der Waals surface area contributed by atoms with Gasteiger partial charge in [-0.3, -0.25) is 4.79 Å². The van der Waals surface area contributed by atoms with Crippen molar-refractivity contribution in [1.29, 1.82) is 0 Å². The molecule has 110 valence electrons. The number of anilines is 1. The number of nitrogens with one attached hydrogen (secondary N) is 1. The third kappa shape index (κ3) is 4.48. The molecule has 0 aliphatic carbocycles. The minimum Gasteiger partial charge on any atom is -0.483 e. The first kappa shape index (κ1) is 15.4. The number of rotatable bonds is 5. The summed E-state index contributed by atoms with van der Waals surface area (Å²) in [5.41, 5.74) is 8.30. The highest BCUT2D eigenvalue weighted by Crippen LogP contribution is 2.23. The molecule has 0 aliphatic heterocycles. The van der Waals surface area contributed by atoms with Crippen molar-refractivity contribution in [2.45, 2.75) is 13.5 Å². The van der Waals surface area contributed by atoms with Gasteiger partial charge in [-0.05, 0) is 31.2 Å². The van der Waals surface area contributed by atoms with Crippen LogP contribution in [0.2, 0.25) is 5.02 Å². The van der Waals surface area contributed by atoms with Gasteiger partial charge in [0.2, 0.25) is 0 Å². The molecule has 0 aliphatic rings. The van der Waals surface area contributed by atoms with Crippen LogP contribution in [0.25, 0.3) is 0 Å². The maximum atomic E-state index is 11.9. The fourth-order valence-electron chi connectivity index (χ4n) is 1.81. The minimum atomic E-state index is -0.234. The van der Waals surface area contributed by atoms with Gasteiger partial charge < -0.3 is 15.8 Å². The maximum absolute atomic E-state index is 11.9. The van der Waals surface area contributed by atoms with Crippen molar-refractivity contribution >= 4 is 23.2 Å². The predicted octanol–water partition coefficient (Wildman–Crippen LogP) is 3.12. The molecule has 0 radical (unpaired) electrons. The normalized spacial score (nSPS) is 10.2. The van der Waals surface area contributed by atoms with E-state index in [1.54, 1.807) is 18.2 Å². The van der Waals surface area contributed by atoms with Gasteiger partial charge in [0.25, 0.3) is 5.91 Å². The smallest absolute Gasteiger partial charge is 0.262 e. The van der Waals surface area contributed by atoms with Crippen molar-refractivity contribution in [3.63, 3.8) is 0 Å². The monoisotopic (exact) mass is 304 g/mol. The number of hydrogen-bond donors (Lipinski definition) is 2. The average molecular weight is 305 g/mol. The van der Waals surface area contributed by atoms with Crippen LogP contribution in [0.15, 0.2) is 42.5 Å². The summed E-state index contributed by atoms with van der Waals surface area (Å²) in [7, 11) is 0. The van der Waals surface area contributed by atoms with Gasteiger partial charge in [-0.15, -0.1) is 0 Å². The van der Waals surface area contributed by atoms with Crippen LogP contribution in [0.3, 0.4) is 0 Å². The molecular formula is C16H17ClN2O2. The molecule has 1 amide bonds. The van der Waals surface area contributed by atoms with E-state index in [2.05, 4.69) is 5.32 Å². The van der Waals surface area contributed by atoms with Crippen LogP contribution in [-0.4, -0.2) is 12.5 Å². The molecule has 0 aromatic heterocycles. The van der Waals surface area contributed by atoms with Crippen molar-refractivity contribution in [2.24, 2.45) is 5.73 Å². The van der Waals surface area contributed by atoms with Gasteiger partial charge in [-0.25, -0.2) is 0 Å². The highest BCUT2D eigenvalue weighted by atomic mass is 35.5. The second-order valence-electron chi connectivity index (χ2n) is 4.66. The average Bonchev–Trinajstić information content (AvgIpc) is 2.48. The zero-order valence-electron chi connectivity index (χ0n) is 11.7. The van der Waals surface area contributed by atoms with Crippen molar-refractivity contribution < 1.29 is 9.53 Å². The number of aryl methyl sites for hydroxylation is 1. The molecule has 21 heavy (non-hydrogen) atoms. The maximum Gasteiger partial charge on any atom is 0.262 e.